The van der Waals surface area contributed by atoms with Crippen molar-refractivity contribution in [3.05, 3.63) is 23.1 Å². The Morgan fingerprint density at radius 1 is 1.50 bits per heavy atom. The first-order chi connectivity index (χ1) is 9.21. The van der Waals surface area contributed by atoms with E-state index in [2.05, 4.69) is 9.68 Å². The van der Waals surface area contributed by atoms with Crippen LogP contribution in [0, 0.1) is 18.3 Å². The summed E-state index contributed by atoms with van der Waals surface area (Å²) in [5.74, 6) is -1.38. The molecule has 20 heavy (non-hydrogen) atoms. The fourth-order valence-electron chi connectivity index (χ4n) is 1.87. The van der Waals surface area contributed by atoms with Gasteiger partial charge in [-0.15, -0.1) is 0 Å². The largest absolute Gasteiger partial charge is 0.438 e. The Hall–Kier alpha value is -2.50. The lowest BCUT2D eigenvalue weighted by atomic mass is 10.0. The highest BCUT2D eigenvalue weighted by Gasteiger charge is 2.65. The van der Waals surface area contributed by atoms with Gasteiger partial charge in [0.25, 0.3) is 5.66 Å². The van der Waals surface area contributed by atoms with Crippen molar-refractivity contribution in [1.29, 1.82) is 5.26 Å². The van der Waals surface area contributed by atoms with Crippen LogP contribution < -0.4 is 10.6 Å². The molecule has 1 atom stereocenters. The van der Waals surface area contributed by atoms with Crippen LogP contribution in [0.15, 0.2) is 21.9 Å². The second-order valence-electron chi connectivity index (χ2n) is 4.26. The molecule has 0 amide bonds. The van der Waals surface area contributed by atoms with Gasteiger partial charge in [0.1, 0.15) is 17.4 Å². The number of ketones is 1. The van der Waals surface area contributed by atoms with Crippen LogP contribution in [0.25, 0.3) is 0 Å². The Kier molecular flexibility index (Phi) is 2.97. The Morgan fingerprint density at radius 3 is 2.55 bits per heavy atom. The van der Waals surface area contributed by atoms with E-state index >= 15 is 0 Å². The van der Waals surface area contributed by atoms with Crippen LogP contribution >= 0.6 is 0 Å². The van der Waals surface area contributed by atoms with Gasteiger partial charge in [0.05, 0.1) is 0 Å². The van der Waals surface area contributed by atoms with E-state index in [1.165, 1.54) is 26.0 Å². The first-order valence-electron chi connectivity index (χ1n) is 5.43. The molecule has 1 aliphatic heterocycles. The van der Waals surface area contributed by atoms with E-state index in [9.17, 15) is 18.0 Å². The number of alkyl halides is 3. The highest BCUT2D eigenvalue weighted by atomic mass is 19.4. The minimum absolute atomic E-state index is 0.150. The molecule has 106 valence electrons. The molecule has 6 nitrogen and oxygen atoms in total. The van der Waals surface area contributed by atoms with Crippen molar-refractivity contribution in [2.45, 2.75) is 25.7 Å². The lowest BCUT2D eigenvalue weighted by molar-refractivity contribution is -0.185. The van der Waals surface area contributed by atoms with Gasteiger partial charge in [-0.2, -0.15) is 18.4 Å². The first-order valence-corrected chi connectivity index (χ1v) is 5.43. The van der Waals surface area contributed by atoms with Crippen molar-refractivity contribution in [2.75, 3.05) is 5.32 Å². The molecule has 9 heteroatoms. The maximum atomic E-state index is 13.3. The van der Waals surface area contributed by atoms with Crippen molar-refractivity contribution in [2.24, 2.45) is 0 Å². The number of allylic oxidation sites excluding steroid dienone is 1. The Balaban J connectivity index is 2.46. The van der Waals surface area contributed by atoms with Gasteiger partial charge in [0.2, 0.25) is 5.78 Å². The van der Waals surface area contributed by atoms with Crippen molar-refractivity contribution in [3.63, 3.8) is 0 Å². The highest BCUT2D eigenvalue weighted by molar-refractivity contribution is 6.10. The Labute approximate surface area is 111 Å². The van der Waals surface area contributed by atoms with Crippen LogP contribution in [0.5, 0.6) is 0 Å². The summed E-state index contributed by atoms with van der Waals surface area (Å²) in [7, 11) is 0. The zero-order valence-electron chi connectivity index (χ0n) is 10.4. The summed E-state index contributed by atoms with van der Waals surface area (Å²) in [6, 6.07) is 2.68. The second-order valence-corrected chi connectivity index (χ2v) is 4.26. The molecular weight excluding hydrogens is 277 g/mol. The van der Waals surface area contributed by atoms with E-state index in [0.29, 0.717) is 0 Å². The number of carbonyl (C=O) groups is 1. The van der Waals surface area contributed by atoms with E-state index in [0.717, 1.165) is 0 Å². The van der Waals surface area contributed by atoms with Gasteiger partial charge in [-0.3, -0.25) is 4.79 Å². The predicted octanol–water partition coefficient (Wildman–Crippen LogP) is 1.62. The fraction of sp³-hybridized carbons (Fsp3) is 0.364. The number of aryl methyl sites for hydroxylation is 1. The number of aromatic nitrogens is 1. The number of carbonyl (C=O) groups excluding carboxylic acids is 1. The quantitative estimate of drug-likeness (QED) is 0.858. The third kappa shape index (κ3) is 1.89. The normalized spacial score (nSPS) is 22.7. The number of nitrogens with zero attached hydrogens (tertiary/aromatic N) is 2. The molecule has 0 spiro atoms. The van der Waals surface area contributed by atoms with Crippen LogP contribution in [-0.4, -0.2) is 22.8 Å². The summed E-state index contributed by atoms with van der Waals surface area (Å²) < 4.78 is 44.6. The number of Topliss-reactive ketones (excluding diaryl/α,β-unsaturated/α-hetero) is 1. The molecule has 0 fully saturated rings. The minimum Gasteiger partial charge on any atom is -0.360 e. The summed E-state index contributed by atoms with van der Waals surface area (Å²) in [5, 5.41) is 16.1. The topological polar surface area (TPSA) is 91.0 Å². The Bertz CT molecular complexity index is 641. The molecule has 1 aromatic heterocycles. The van der Waals surface area contributed by atoms with Gasteiger partial charge in [-0.25, -0.2) is 0 Å². The van der Waals surface area contributed by atoms with E-state index < -0.39 is 23.2 Å². The SMILES string of the molecule is CC1=C(C#N)C(=O)C(Nc2cc(C)on2)(C(F)(F)F)N1. The monoisotopic (exact) mass is 286 g/mol. The van der Waals surface area contributed by atoms with E-state index in [-0.39, 0.29) is 17.3 Å². The maximum Gasteiger partial charge on any atom is 0.438 e. The van der Waals surface area contributed by atoms with E-state index in [4.69, 9.17) is 5.26 Å². The average Bonchev–Trinajstić information content (AvgIpc) is 2.82. The Morgan fingerprint density at radius 2 is 2.15 bits per heavy atom. The molecule has 1 unspecified atom stereocenters. The average molecular weight is 286 g/mol. The zero-order valence-corrected chi connectivity index (χ0v) is 10.4. The van der Waals surface area contributed by atoms with Crippen molar-refractivity contribution in [1.82, 2.24) is 10.5 Å². The molecular formula is C11H9F3N4O2. The molecule has 2 N–H and O–H groups in total. The molecule has 2 rings (SSSR count). The van der Waals surface area contributed by atoms with E-state index in [1.807, 2.05) is 10.6 Å². The molecule has 0 aliphatic carbocycles. The number of rotatable bonds is 2. The van der Waals surface area contributed by atoms with Gasteiger partial charge >= 0.3 is 6.18 Å². The second kappa shape index (κ2) is 4.26. The molecule has 0 bridgehead atoms. The third-order valence-corrected chi connectivity index (χ3v) is 2.80. The third-order valence-electron chi connectivity index (χ3n) is 2.80. The van der Waals surface area contributed by atoms with Crippen molar-refractivity contribution in [3.8, 4) is 6.07 Å². The van der Waals surface area contributed by atoms with Gasteiger partial charge in [0.15, 0.2) is 5.82 Å². The van der Waals surface area contributed by atoms with Crippen LogP contribution in [-0.2, 0) is 4.79 Å². The molecule has 0 aromatic carbocycles. The van der Waals surface area contributed by atoms with Gasteiger partial charge in [-0.1, -0.05) is 5.16 Å². The highest BCUT2D eigenvalue weighted by Crippen LogP contribution is 2.38. The number of hydrogen-bond acceptors (Lipinski definition) is 6. The summed E-state index contributed by atoms with van der Waals surface area (Å²) in [4.78, 5) is 11.9. The molecule has 2 heterocycles. The lowest BCUT2D eigenvalue weighted by Crippen LogP contribution is -2.64. The predicted molar refractivity (Wildman–Crippen MR) is 60.1 cm³/mol. The molecule has 1 aliphatic rings. The van der Waals surface area contributed by atoms with Gasteiger partial charge < -0.3 is 15.2 Å². The fourth-order valence-corrected chi connectivity index (χ4v) is 1.87. The summed E-state index contributed by atoms with van der Waals surface area (Å²) >= 11 is 0. The zero-order chi connectivity index (χ0) is 15.1. The van der Waals surface area contributed by atoms with Crippen LogP contribution in [0.3, 0.4) is 0 Å². The number of nitriles is 1. The molecule has 0 saturated heterocycles. The number of halogens is 3. The smallest absolute Gasteiger partial charge is 0.360 e. The van der Waals surface area contributed by atoms with Crippen molar-refractivity contribution >= 4 is 11.6 Å². The summed E-state index contributed by atoms with van der Waals surface area (Å²) in [6.45, 7) is 2.71. The van der Waals surface area contributed by atoms with Crippen LogP contribution in [0.2, 0.25) is 0 Å². The first kappa shape index (κ1) is 13.9. The number of anilines is 1. The maximum absolute atomic E-state index is 13.3. The van der Waals surface area contributed by atoms with E-state index in [1.54, 1.807) is 0 Å². The number of hydrogen-bond donors (Lipinski definition) is 2. The summed E-state index contributed by atoms with van der Waals surface area (Å²) in [6.07, 6.45) is -4.98. The number of nitrogens with one attached hydrogen (secondary N) is 2. The van der Waals surface area contributed by atoms with Crippen LogP contribution in [0.1, 0.15) is 12.7 Å². The van der Waals surface area contributed by atoms with Crippen molar-refractivity contribution < 1.29 is 22.5 Å². The molecule has 0 saturated carbocycles. The van der Waals surface area contributed by atoms with Gasteiger partial charge in [0, 0.05) is 11.8 Å². The lowest BCUT2D eigenvalue weighted by Gasteiger charge is -2.31. The minimum atomic E-state index is -4.98. The van der Waals surface area contributed by atoms with Crippen LogP contribution in [0.4, 0.5) is 19.0 Å². The molecule has 1 aromatic rings. The van der Waals surface area contributed by atoms with Gasteiger partial charge in [-0.05, 0) is 13.8 Å². The summed E-state index contributed by atoms with van der Waals surface area (Å²) in [5.41, 5.74) is -3.83. The standard InChI is InChI=1S/C11H9F3N4O2/c1-5-3-8(18-20-5)17-10(11(12,13)14)9(19)7(4-15)6(2)16-10/h3,16H,1-2H3,(H,17,18). The molecule has 0 radical (unpaired) electrons.